The molecule has 1 saturated carbocycles. The first kappa shape index (κ1) is 25.2. The molecule has 11 heteroatoms. The molecular weight excluding hydrogens is 483 g/mol. The molecule has 1 aliphatic heterocycles. The molecule has 0 radical (unpaired) electrons. The second-order valence-corrected chi connectivity index (χ2v) is 10.8. The number of thiazole rings is 1. The molecule has 2 amide bonds. The molecule has 4 rings (SSSR count). The van der Waals surface area contributed by atoms with Gasteiger partial charge < -0.3 is 9.64 Å². The van der Waals surface area contributed by atoms with Gasteiger partial charge in [0.25, 0.3) is 0 Å². The largest absolute Gasteiger partial charge is 0.444 e. The number of fused-ring (bicyclic) bond motifs is 1. The fourth-order valence-electron chi connectivity index (χ4n) is 4.53. The van der Waals surface area contributed by atoms with Gasteiger partial charge in [-0.15, -0.1) is 11.3 Å². The minimum atomic E-state index is -4.47. The highest BCUT2D eigenvalue weighted by Gasteiger charge is 2.50. The predicted octanol–water partition coefficient (Wildman–Crippen LogP) is 5.08. The van der Waals surface area contributed by atoms with Crippen molar-refractivity contribution in [2.45, 2.75) is 70.2 Å². The molecule has 0 saturated heterocycles. The maximum absolute atomic E-state index is 13.8. The highest BCUT2D eigenvalue weighted by atomic mass is 32.1. The Morgan fingerprint density at radius 2 is 1.91 bits per heavy atom. The molecule has 2 heterocycles. The van der Waals surface area contributed by atoms with Crippen LogP contribution in [0.25, 0.3) is 0 Å². The third-order valence-corrected chi connectivity index (χ3v) is 6.93. The number of nitrogens with one attached hydrogen (secondary N) is 1. The molecule has 2 aromatic rings. The predicted molar refractivity (Wildman–Crippen MR) is 123 cm³/mol. The molecule has 2 aliphatic rings. The Kier molecular flexibility index (Phi) is 6.41. The van der Waals surface area contributed by atoms with Crippen molar-refractivity contribution in [3.05, 3.63) is 46.0 Å². The van der Waals surface area contributed by atoms with Crippen LogP contribution < -0.4 is 5.32 Å². The van der Waals surface area contributed by atoms with Gasteiger partial charge in [-0.3, -0.25) is 14.9 Å². The third-order valence-electron chi connectivity index (χ3n) is 6.17. The van der Waals surface area contributed by atoms with Crippen molar-refractivity contribution in [2.24, 2.45) is 0 Å². The number of hydrogen-bond acceptors (Lipinski definition) is 6. The Labute approximate surface area is 204 Å². The fraction of sp³-hybridized carbons (Fsp3) is 0.500. The molecule has 1 unspecified atom stereocenters. The molecule has 1 aromatic heterocycles. The summed E-state index contributed by atoms with van der Waals surface area (Å²) in [4.78, 5) is 44.1. The van der Waals surface area contributed by atoms with E-state index in [-0.39, 0.29) is 42.6 Å². The number of carbonyl (C=O) groups is 3. The first-order chi connectivity index (χ1) is 16.3. The van der Waals surface area contributed by atoms with Crippen LogP contribution >= 0.6 is 11.3 Å². The zero-order chi connectivity index (χ0) is 25.6. The second kappa shape index (κ2) is 8.92. The van der Waals surface area contributed by atoms with E-state index in [9.17, 15) is 27.6 Å². The maximum atomic E-state index is 13.8. The van der Waals surface area contributed by atoms with E-state index in [0.717, 1.165) is 29.0 Å². The fourth-order valence-corrected chi connectivity index (χ4v) is 5.32. The minimum Gasteiger partial charge on any atom is -0.444 e. The van der Waals surface area contributed by atoms with Crippen LogP contribution in [0.15, 0.2) is 23.6 Å². The number of rotatable bonds is 3. The zero-order valence-electron chi connectivity index (χ0n) is 19.6. The number of ketones is 1. The van der Waals surface area contributed by atoms with Crippen LogP contribution in [0, 0.1) is 0 Å². The van der Waals surface area contributed by atoms with Gasteiger partial charge in [0.1, 0.15) is 11.4 Å². The summed E-state index contributed by atoms with van der Waals surface area (Å²) in [5, 5.41) is 4.43. The van der Waals surface area contributed by atoms with Crippen LogP contribution in [0.3, 0.4) is 0 Å². The monoisotopic (exact) mass is 509 g/mol. The van der Waals surface area contributed by atoms with Crippen LogP contribution in [0.5, 0.6) is 0 Å². The van der Waals surface area contributed by atoms with E-state index in [1.165, 1.54) is 11.0 Å². The lowest BCUT2D eigenvalue weighted by atomic mass is 9.80. The van der Waals surface area contributed by atoms with E-state index >= 15 is 0 Å². The topological polar surface area (TPSA) is 88.6 Å². The summed E-state index contributed by atoms with van der Waals surface area (Å²) in [6.45, 7) is 5.55. The van der Waals surface area contributed by atoms with Gasteiger partial charge in [-0.25, -0.2) is 9.78 Å². The van der Waals surface area contributed by atoms with Gasteiger partial charge in [0.05, 0.1) is 16.7 Å². The molecule has 1 N–H and O–H groups in total. The average molecular weight is 510 g/mol. The van der Waals surface area contributed by atoms with E-state index < -0.39 is 28.8 Å². The van der Waals surface area contributed by atoms with Crippen molar-refractivity contribution in [1.82, 2.24) is 9.88 Å². The summed E-state index contributed by atoms with van der Waals surface area (Å²) < 4.78 is 44.8. The van der Waals surface area contributed by atoms with Crippen LogP contribution in [0.1, 0.15) is 62.4 Å². The van der Waals surface area contributed by atoms with E-state index in [1.807, 2.05) is 0 Å². The molecule has 0 bridgehead atoms. The van der Waals surface area contributed by atoms with Crippen molar-refractivity contribution < 1.29 is 32.3 Å². The number of anilines is 1. The highest BCUT2D eigenvalue weighted by Crippen LogP contribution is 2.43. The maximum Gasteiger partial charge on any atom is 0.416 e. The lowest BCUT2D eigenvalue weighted by Gasteiger charge is -2.36. The van der Waals surface area contributed by atoms with E-state index in [0.29, 0.717) is 24.2 Å². The number of alkyl halides is 3. The summed E-state index contributed by atoms with van der Waals surface area (Å²) in [5.74, 6) is -0.412. The zero-order valence-corrected chi connectivity index (χ0v) is 20.4. The number of Topliss-reactive ketones (excluding diaryl/α,β-unsaturated/α-hetero) is 1. The molecule has 1 aromatic carbocycles. The number of hydrogen-bond donors (Lipinski definition) is 1. The summed E-state index contributed by atoms with van der Waals surface area (Å²) in [6, 6.07) is 3.61. The number of ether oxygens (including phenoxy) is 1. The van der Waals surface area contributed by atoms with E-state index in [2.05, 4.69) is 10.3 Å². The minimum absolute atomic E-state index is 0.0289. The Morgan fingerprint density at radius 3 is 2.54 bits per heavy atom. The highest BCUT2D eigenvalue weighted by molar-refractivity contribution is 7.14. The number of nitrogens with zero attached hydrogens (tertiary/aromatic N) is 2. The standard InChI is InChI=1S/C24H26F3N3O4S/c1-22(2,3)34-21(33)29-20-28-18(13-35-20)23(8-6-17(31)11-23)19(32)30-9-7-14-4-5-16(24(25,26)27)10-15(14)12-30/h4-5,10,13H,6-9,11-12H2,1-3H3,(H,28,29,33). The first-order valence-corrected chi connectivity index (χ1v) is 12.1. The Balaban J connectivity index is 1.58. The Morgan fingerprint density at radius 1 is 1.17 bits per heavy atom. The van der Waals surface area contributed by atoms with Crippen LogP contribution in [-0.4, -0.2) is 39.8 Å². The normalized spacial score (nSPS) is 20.5. The van der Waals surface area contributed by atoms with E-state index in [1.54, 1.807) is 26.2 Å². The van der Waals surface area contributed by atoms with Crippen molar-refractivity contribution in [3.63, 3.8) is 0 Å². The van der Waals surface area contributed by atoms with Gasteiger partial charge in [0.2, 0.25) is 5.91 Å². The van der Waals surface area contributed by atoms with Crippen molar-refractivity contribution >= 4 is 34.3 Å². The van der Waals surface area contributed by atoms with Crippen LogP contribution in [0.2, 0.25) is 0 Å². The molecule has 35 heavy (non-hydrogen) atoms. The molecule has 1 fully saturated rings. The van der Waals surface area contributed by atoms with Gasteiger partial charge in [0.15, 0.2) is 5.13 Å². The summed E-state index contributed by atoms with van der Waals surface area (Å²) in [6.07, 6.45) is -4.31. The summed E-state index contributed by atoms with van der Waals surface area (Å²) >= 11 is 1.12. The number of amides is 2. The van der Waals surface area contributed by atoms with Crippen molar-refractivity contribution in [1.29, 1.82) is 0 Å². The Bertz CT molecular complexity index is 1170. The lowest BCUT2D eigenvalue weighted by Crippen LogP contribution is -2.47. The number of aromatic nitrogens is 1. The van der Waals surface area contributed by atoms with Gasteiger partial charge in [-0.1, -0.05) is 6.07 Å². The molecule has 188 valence electrons. The van der Waals surface area contributed by atoms with Gasteiger partial charge in [-0.05, 0) is 56.9 Å². The second-order valence-electron chi connectivity index (χ2n) is 9.92. The average Bonchev–Trinajstić information content (AvgIpc) is 3.37. The van der Waals surface area contributed by atoms with Crippen LogP contribution in [-0.2, 0) is 38.9 Å². The van der Waals surface area contributed by atoms with Gasteiger partial charge in [-0.2, -0.15) is 13.2 Å². The van der Waals surface area contributed by atoms with Gasteiger partial charge >= 0.3 is 12.3 Å². The lowest BCUT2D eigenvalue weighted by molar-refractivity contribution is -0.139. The smallest absolute Gasteiger partial charge is 0.416 e. The Hall–Kier alpha value is -2.95. The molecule has 0 spiro atoms. The number of halogens is 3. The molecule has 1 aliphatic carbocycles. The van der Waals surface area contributed by atoms with Gasteiger partial charge in [0, 0.05) is 31.3 Å². The third kappa shape index (κ3) is 5.34. The first-order valence-electron chi connectivity index (χ1n) is 11.2. The van der Waals surface area contributed by atoms with Crippen LogP contribution in [0.4, 0.5) is 23.1 Å². The SMILES string of the molecule is CC(C)(C)OC(=O)Nc1nc(C2(C(=O)N3CCc4ccc(C(F)(F)F)cc4C3)CCC(=O)C2)cs1. The van der Waals surface area contributed by atoms with Crippen molar-refractivity contribution in [2.75, 3.05) is 11.9 Å². The van der Waals surface area contributed by atoms with Crippen molar-refractivity contribution in [3.8, 4) is 0 Å². The quantitative estimate of drug-likeness (QED) is 0.623. The molecule has 7 nitrogen and oxygen atoms in total. The summed E-state index contributed by atoms with van der Waals surface area (Å²) in [5.41, 5.74) is -1.07. The number of carbonyl (C=O) groups excluding carboxylic acids is 3. The van der Waals surface area contributed by atoms with E-state index in [4.69, 9.17) is 4.74 Å². The number of benzene rings is 1. The molecular formula is C24H26F3N3O4S. The molecule has 1 atom stereocenters. The summed E-state index contributed by atoms with van der Waals surface area (Å²) in [7, 11) is 0.